The Labute approximate surface area is 204 Å². The van der Waals surface area contributed by atoms with Gasteiger partial charge in [0, 0.05) is 23.1 Å². The molecule has 3 aromatic carbocycles. The van der Waals surface area contributed by atoms with Crippen LogP contribution >= 0.6 is 0 Å². The van der Waals surface area contributed by atoms with E-state index in [4.69, 9.17) is 18.6 Å². The molecule has 1 aromatic heterocycles. The van der Waals surface area contributed by atoms with Crippen molar-refractivity contribution >= 4 is 5.97 Å². The number of esters is 1. The first-order valence-electron chi connectivity index (χ1n) is 11.2. The largest absolute Gasteiger partial charge is 0.461 e. The average Bonchev–Trinajstić information content (AvgIpc) is 3.34. The summed E-state index contributed by atoms with van der Waals surface area (Å²) in [6, 6.07) is 15.3. The van der Waals surface area contributed by atoms with Crippen LogP contribution in [0.4, 0.5) is 13.2 Å². The molecule has 0 spiro atoms. The number of fused-ring (bicyclic) bond motifs is 1. The van der Waals surface area contributed by atoms with Crippen LogP contribution in [0.2, 0.25) is 0 Å². The van der Waals surface area contributed by atoms with Gasteiger partial charge in [-0.1, -0.05) is 36.4 Å². The first kappa shape index (κ1) is 23.6. The minimum Gasteiger partial charge on any atom is -0.461 e. The maximum atomic E-state index is 14.1. The molecular weight excluding hydrogens is 475 g/mol. The smallest absolute Gasteiger partial charge is 0.306 e. The molecule has 1 atom stereocenters. The second-order valence-electron chi connectivity index (χ2n) is 8.10. The molecule has 5 rings (SSSR count). The Kier molecular flexibility index (Phi) is 6.73. The second kappa shape index (κ2) is 10.2. The van der Waals surface area contributed by atoms with Crippen molar-refractivity contribution in [1.29, 1.82) is 0 Å². The van der Waals surface area contributed by atoms with Crippen LogP contribution in [0.3, 0.4) is 0 Å². The monoisotopic (exact) mass is 495 g/mol. The number of oxazole rings is 1. The third kappa shape index (κ3) is 5.11. The molecule has 0 amide bonds. The molecule has 0 N–H and O–H groups in total. The van der Waals surface area contributed by atoms with E-state index in [0.717, 1.165) is 17.7 Å². The van der Waals surface area contributed by atoms with Gasteiger partial charge in [0.05, 0.1) is 24.8 Å². The van der Waals surface area contributed by atoms with Gasteiger partial charge in [-0.2, -0.15) is 0 Å². The fourth-order valence-electron chi connectivity index (χ4n) is 3.87. The van der Waals surface area contributed by atoms with Gasteiger partial charge in [-0.3, -0.25) is 4.79 Å². The summed E-state index contributed by atoms with van der Waals surface area (Å²) in [6.07, 6.45) is 0.478. The maximum Gasteiger partial charge on any atom is 0.306 e. The van der Waals surface area contributed by atoms with Crippen LogP contribution in [-0.2, 0) is 33.9 Å². The predicted octanol–water partition coefficient (Wildman–Crippen LogP) is 6.04. The Bertz CT molecular complexity index is 1370. The van der Waals surface area contributed by atoms with Gasteiger partial charge in [0.25, 0.3) is 0 Å². The van der Waals surface area contributed by atoms with Crippen LogP contribution in [0.25, 0.3) is 11.3 Å². The number of hydrogen-bond acceptors (Lipinski definition) is 6. The zero-order valence-electron chi connectivity index (χ0n) is 18.9. The highest BCUT2D eigenvalue weighted by molar-refractivity contribution is 5.69. The number of aromatic nitrogens is 1. The highest BCUT2D eigenvalue weighted by Gasteiger charge is 2.26. The van der Waals surface area contributed by atoms with E-state index in [1.165, 1.54) is 24.4 Å². The number of halogens is 3. The summed E-state index contributed by atoms with van der Waals surface area (Å²) in [7, 11) is 0. The van der Waals surface area contributed by atoms with Crippen LogP contribution in [0.1, 0.15) is 35.3 Å². The standard InChI is InChI=1S/C27H20F3NO5/c28-19-11-17(26-18(12-19)15-34-27(36-26)16-5-2-1-3-6-16)14-33-24(32)10-9-23-31-13-22(35-23)25-20(29)7-4-8-21(25)30/h1-8,11-13,27H,9-10,14-15H2. The number of aryl methyl sites for hydroxylation is 1. The molecule has 1 unspecified atom stereocenters. The molecular formula is C27H20F3NO5. The number of benzene rings is 3. The first-order valence-corrected chi connectivity index (χ1v) is 11.2. The van der Waals surface area contributed by atoms with Crippen LogP contribution in [0.15, 0.2) is 71.3 Å². The lowest BCUT2D eigenvalue weighted by molar-refractivity contribution is -0.145. The van der Waals surface area contributed by atoms with Crippen LogP contribution in [-0.4, -0.2) is 11.0 Å². The molecule has 0 aliphatic carbocycles. The Morgan fingerprint density at radius 3 is 2.58 bits per heavy atom. The van der Waals surface area contributed by atoms with E-state index in [9.17, 15) is 18.0 Å². The van der Waals surface area contributed by atoms with E-state index in [1.807, 2.05) is 30.3 Å². The first-order chi connectivity index (χ1) is 17.5. The molecule has 9 heteroatoms. The SMILES string of the molecule is O=C(CCc1ncc(-c2c(F)cccc2F)o1)OCc1cc(F)cc2c1OC(c1ccccc1)OC2. The lowest BCUT2D eigenvalue weighted by atomic mass is 10.1. The van der Waals surface area contributed by atoms with Crippen molar-refractivity contribution in [2.75, 3.05) is 0 Å². The van der Waals surface area contributed by atoms with Crippen molar-refractivity contribution in [2.45, 2.75) is 32.3 Å². The minimum atomic E-state index is -0.780. The van der Waals surface area contributed by atoms with Gasteiger partial charge in [-0.05, 0) is 24.3 Å². The molecule has 0 bridgehead atoms. The van der Waals surface area contributed by atoms with Gasteiger partial charge in [-0.15, -0.1) is 0 Å². The summed E-state index contributed by atoms with van der Waals surface area (Å²) in [5.41, 5.74) is 1.36. The number of rotatable bonds is 7. The highest BCUT2D eigenvalue weighted by Crippen LogP contribution is 2.37. The molecule has 4 aromatic rings. The fourth-order valence-corrected chi connectivity index (χ4v) is 3.87. The van der Waals surface area contributed by atoms with Crippen molar-refractivity contribution in [2.24, 2.45) is 0 Å². The summed E-state index contributed by atoms with van der Waals surface area (Å²) in [5, 5.41) is 0. The molecule has 1 aliphatic heterocycles. The summed E-state index contributed by atoms with van der Waals surface area (Å²) in [6.45, 7) is -0.0690. The Morgan fingerprint density at radius 2 is 1.81 bits per heavy atom. The molecule has 1 aliphatic rings. The summed E-state index contributed by atoms with van der Waals surface area (Å²) < 4.78 is 64.4. The number of carbonyl (C=O) groups is 1. The number of ether oxygens (including phenoxy) is 3. The second-order valence-corrected chi connectivity index (χ2v) is 8.10. The number of nitrogens with zero attached hydrogens (tertiary/aromatic N) is 1. The molecule has 2 heterocycles. The molecule has 36 heavy (non-hydrogen) atoms. The van der Waals surface area contributed by atoms with E-state index in [1.54, 1.807) is 0 Å². The van der Waals surface area contributed by atoms with E-state index in [0.29, 0.717) is 16.9 Å². The zero-order chi connectivity index (χ0) is 25.1. The third-order valence-electron chi connectivity index (χ3n) is 5.59. The molecule has 0 fully saturated rings. The Hall–Kier alpha value is -4.11. The summed E-state index contributed by atoms with van der Waals surface area (Å²) >= 11 is 0. The molecule has 0 radical (unpaired) electrons. The van der Waals surface area contributed by atoms with Gasteiger partial charge in [0.2, 0.25) is 6.29 Å². The molecule has 6 nitrogen and oxygen atoms in total. The predicted molar refractivity (Wildman–Crippen MR) is 121 cm³/mol. The molecule has 0 saturated carbocycles. The molecule has 184 valence electrons. The van der Waals surface area contributed by atoms with Gasteiger partial charge in [0.1, 0.15) is 29.8 Å². The average molecular weight is 495 g/mol. The summed E-state index contributed by atoms with van der Waals surface area (Å²) in [5.74, 6) is -2.19. The Morgan fingerprint density at radius 1 is 1.03 bits per heavy atom. The maximum absolute atomic E-state index is 14.1. The van der Waals surface area contributed by atoms with Crippen molar-refractivity contribution in [1.82, 2.24) is 4.98 Å². The van der Waals surface area contributed by atoms with Gasteiger partial charge >= 0.3 is 5.97 Å². The van der Waals surface area contributed by atoms with E-state index >= 15 is 0 Å². The van der Waals surface area contributed by atoms with Crippen molar-refractivity contribution in [3.8, 4) is 17.1 Å². The quantitative estimate of drug-likeness (QED) is 0.291. The Balaban J connectivity index is 1.21. The lowest BCUT2D eigenvalue weighted by Gasteiger charge is -2.28. The van der Waals surface area contributed by atoms with Crippen molar-refractivity contribution < 1.29 is 36.6 Å². The van der Waals surface area contributed by atoms with E-state index < -0.39 is 29.7 Å². The van der Waals surface area contributed by atoms with Gasteiger partial charge in [-0.25, -0.2) is 18.2 Å². The zero-order valence-corrected chi connectivity index (χ0v) is 18.9. The van der Waals surface area contributed by atoms with E-state index in [2.05, 4.69) is 4.98 Å². The topological polar surface area (TPSA) is 70.8 Å². The highest BCUT2D eigenvalue weighted by atomic mass is 19.1. The normalized spacial score (nSPS) is 14.7. The van der Waals surface area contributed by atoms with E-state index in [-0.39, 0.29) is 43.3 Å². The van der Waals surface area contributed by atoms with Crippen molar-refractivity contribution in [3.05, 3.63) is 107 Å². The lowest BCUT2D eigenvalue weighted by Crippen LogP contribution is -2.20. The van der Waals surface area contributed by atoms with Crippen LogP contribution in [0.5, 0.6) is 5.75 Å². The van der Waals surface area contributed by atoms with Crippen molar-refractivity contribution in [3.63, 3.8) is 0 Å². The van der Waals surface area contributed by atoms with Crippen LogP contribution < -0.4 is 4.74 Å². The third-order valence-corrected chi connectivity index (χ3v) is 5.59. The van der Waals surface area contributed by atoms with Gasteiger partial charge < -0.3 is 18.6 Å². The minimum absolute atomic E-state index is 0.0522. The fraction of sp³-hybridized carbons (Fsp3) is 0.185. The number of carbonyl (C=O) groups excluding carboxylic acids is 1. The van der Waals surface area contributed by atoms with Crippen LogP contribution in [0, 0.1) is 17.5 Å². The summed E-state index contributed by atoms with van der Waals surface area (Å²) in [4.78, 5) is 16.3. The number of hydrogen-bond donors (Lipinski definition) is 0. The molecule has 0 saturated heterocycles. The van der Waals surface area contributed by atoms with Gasteiger partial charge in [0.15, 0.2) is 11.7 Å².